The van der Waals surface area contributed by atoms with Crippen LogP contribution in [-0.2, 0) is 9.53 Å². The van der Waals surface area contributed by atoms with E-state index in [9.17, 15) is 20.1 Å². The van der Waals surface area contributed by atoms with Crippen molar-refractivity contribution in [3.05, 3.63) is 29.8 Å². The van der Waals surface area contributed by atoms with Crippen LogP contribution in [0, 0.1) is 0 Å². The van der Waals surface area contributed by atoms with Crippen LogP contribution in [-0.4, -0.2) is 70.1 Å². The maximum Gasteiger partial charge on any atom is 0.231 e. The molecule has 3 rings (SSSR count). The Morgan fingerprint density at radius 3 is 2.56 bits per heavy atom. The number of aliphatic hydroxyl groups is 4. The Balaban J connectivity index is 1.61. The summed E-state index contributed by atoms with van der Waals surface area (Å²) >= 11 is 0. The molecule has 0 saturated carbocycles. The summed E-state index contributed by atoms with van der Waals surface area (Å²) in [5.74, 6) is 0.912. The fourth-order valence-corrected chi connectivity index (χ4v) is 2.82. The van der Waals surface area contributed by atoms with Gasteiger partial charge in [0, 0.05) is 6.42 Å². The number of fused-ring (bicyclic) bond motifs is 1. The average Bonchev–Trinajstić information content (AvgIpc) is 3.08. The van der Waals surface area contributed by atoms with Gasteiger partial charge in [-0.3, -0.25) is 4.79 Å². The minimum absolute atomic E-state index is 0.165. The first-order valence-corrected chi connectivity index (χ1v) is 7.90. The minimum atomic E-state index is -1.48. The van der Waals surface area contributed by atoms with E-state index in [2.05, 4.69) is 0 Å². The van der Waals surface area contributed by atoms with Crippen molar-refractivity contribution in [2.24, 2.45) is 0 Å². The van der Waals surface area contributed by atoms with Crippen LogP contribution in [0.5, 0.6) is 11.5 Å². The van der Waals surface area contributed by atoms with E-state index in [1.54, 1.807) is 24.3 Å². The molecule has 0 amide bonds. The molecule has 0 spiro atoms. The minimum Gasteiger partial charge on any atom is -0.454 e. The van der Waals surface area contributed by atoms with Crippen molar-refractivity contribution in [1.82, 2.24) is 0 Å². The molecule has 0 aromatic heterocycles. The highest BCUT2D eigenvalue weighted by atomic mass is 16.7. The lowest BCUT2D eigenvalue weighted by Crippen LogP contribution is -2.58. The summed E-state index contributed by atoms with van der Waals surface area (Å²) in [5.41, 5.74) is 0.742. The highest BCUT2D eigenvalue weighted by Gasteiger charge is 2.43. The van der Waals surface area contributed by atoms with Gasteiger partial charge in [0.05, 0.1) is 12.7 Å². The molecular formula is C17H20O8. The van der Waals surface area contributed by atoms with Gasteiger partial charge in [-0.25, -0.2) is 0 Å². The van der Waals surface area contributed by atoms with Crippen LogP contribution in [0.15, 0.2) is 24.3 Å². The molecule has 1 fully saturated rings. The van der Waals surface area contributed by atoms with Gasteiger partial charge in [-0.05, 0) is 23.8 Å². The first-order valence-electron chi connectivity index (χ1n) is 7.90. The quantitative estimate of drug-likeness (QED) is 0.509. The van der Waals surface area contributed by atoms with E-state index in [1.807, 2.05) is 0 Å². The maximum atomic E-state index is 12.1. The van der Waals surface area contributed by atoms with Gasteiger partial charge in [-0.1, -0.05) is 12.1 Å². The lowest BCUT2D eigenvalue weighted by atomic mass is 9.92. The van der Waals surface area contributed by atoms with Crippen LogP contribution in [0.4, 0.5) is 0 Å². The molecule has 2 aliphatic heterocycles. The fraction of sp³-hybridized carbons (Fsp3) is 0.471. The van der Waals surface area contributed by atoms with E-state index >= 15 is 0 Å². The van der Waals surface area contributed by atoms with Crippen molar-refractivity contribution in [1.29, 1.82) is 0 Å². The second kappa shape index (κ2) is 7.51. The summed E-state index contributed by atoms with van der Waals surface area (Å²) < 4.78 is 15.8. The van der Waals surface area contributed by atoms with Gasteiger partial charge in [0.25, 0.3) is 0 Å². The lowest BCUT2D eigenvalue weighted by Gasteiger charge is -2.39. The Labute approximate surface area is 143 Å². The molecule has 136 valence electrons. The summed E-state index contributed by atoms with van der Waals surface area (Å²) in [7, 11) is 0. The van der Waals surface area contributed by atoms with E-state index in [0.29, 0.717) is 11.5 Å². The third-order valence-electron chi connectivity index (χ3n) is 4.25. The molecule has 4 N–H and O–H groups in total. The molecule has 8 heteroatoms. The van der Waals surface area contributed by atoms with Crippen molar-refractivity contribution >= 4 is 11.9 Å². The van der Waals surface area contributed by atoms with Crippen molar-refractivity contribution in [3.8, 4) is 11.5 Å². The zero-order chi connectivity index (χ0) is 18.0. The number of allylic oxidation sites excluding steroid dienone is 1. The molecule has 0 radical (unpaired) electrons. The summed E-state index contributed by atoms with van der Waals surface area (Å²) in [6, 6.07) is 5.25. The van der Waals surface area contributed by atoms with E-state index in [1.165, 1.54) is 6.08 Å². The van der Waals surface area contributed by atoms with E-state index in [4.69, 9.17) is 19.3 Å². The van der Waals surface area contributed by atoms with Crippen LogP contribution in [0.3, 0.4) is 0 Å². The number of carbonyl (C=O) groups is 1. The van der Waals surface area contributed by atoms with Crippen molar-refractivity contribution in [3.63, 3.8) is 0 Å². The Morgan fingerprint density at radius 2 is 1.80 bits per heavy atom. The molecule has 0 unspecified atom stereocenters. The van der Waals surface area contributed by atoms with Gasteiger partial charge in [0.2, 0.25) is 6.79 Å². The molecule has 1 saturated heterocycles. The number of hydrogen-bond donors (Lipinski definition) is 4. The normalized spacial score (nSPS) is 31.4. The topological polar surface area (TPSA) is 126 Å². The molecule has 1 aromatic carbocycles. The molecule has 2 aliphatic rings. The van der Waals surface area contributed by atoms with Crippen molar-refractivity contribution in [2.75, 3.05) is 13.4 Å². The van der Waals surface area contributed by atoms with Gasteiger partial charge in [0.15, 0.2) is 17.3 Å². The smallest absolute Gasteiger partial charge is 0.231 e. The van der Waals surface area contributed by atoms with Crippen molar-refractivity contribution in [2.45, 2.75) is 36.9 Å². The van der Waals surface area contributed by atoms with Gasteiger partial charge in [-0.15, -0.1) is 0 Å². The first-order chi connectivity index (χ1) is 12.0. The summed E-state index contributed by atoms with van der Waals surface area (Å²) in [6.45, 7) is -0.360. The highest BCUT2D eigenvalue weighted by Crippen LogP contribution is 2.32. The van der Waals surface area contributed by atoms with Gasteiger partial charge >= 0.3 is 0 Å². The Kier molecular flexibility index (Phi) is 5.36. The van der Waals surface area contributed by atoms with E-state index in [-0.39, 0.29) is 19.0 Å². The maximum absolute atomic E-state index is 12.1. The predicted octanol–water partition coefficient (Wildman–Crippen LogP) is -0.770. The molecule has 1 aromatic rings. The number of aliphatic hydroxyl groups excluding tert-OH is 4. The zero-order valence-corrected chi connectivity index (χ0v) is 13.3. The molecule has 25 heavy (non-hydrogen) atoms. The molecule has 0 bridgehead atoms. The van der Waals surface area contributed by atoms with Crippen LogP contribution in [0.2, 0.25) is 0 Å². The highest BCUT2D eigenvalue weighted by molar-refractivity contribution is 5.94. The number of rotatable bonds is 5. The van der Waals surface area contributed by atoms with Gasteiger partial charge in [-0.2, -0.15) is 0 Å². The number of benzene rings is 1. The number of carbonyl (C=O) groups excluding carboxylic acids is 1. The van der Waals surface area contributed by atoms with Crippen LogP contribution >= 0.6 is 0 Å². The molecule has 5 atom stereocenters. The van der Waals surface area contributed by atoms with Crippen LogP contribution in [0.25, 0.3) is 6.08 Å². The first kappa shape index (κ1) is 17.8. The summed E-state index contributed by atoms with van der Waals surface area (Å²) in [6.07, 6.45) is -3.63. The van der Waals surface area contributed by atoms with Crippen LogP contribution in [0.1, 0.15) is 12.0 Å². The number of ether oxygens (including phenoxy) is 3. The standard InChI is InChI=1S/C17H20O8/c18-7-14-16(21)17(22)15(20)13(25-14)6-10(19)3-1-9-2-4-11-12(5-9)24-8-23-11/h1-5,13-18,20-22H,6-8H2/b3-1+/t13-,14+,15-,16-,17+/m0/s1. The third-order valence-corrected chi connectivity index (χ3v) is 4.25. The fourth-order valence-electron chi connectivity index (χ4n) is 2.82. The predicted molar refractivity (Wildman–Crippen MR) is 85.0 cm³/mol. The lowest BCUT2D eigenvalue weighted by molar-refractivity contribution is -0.229. The van der Waals surface area contributed by atoms with E-state index < -0.39 is 37.1 Å². The third kappa shape index (κ3) is 3.83. The average molecular weight is 352 g/mol. The number of hydrogen-bond acceptors (Lipinski definition) is 8. The second-order valence-corrected chi connectivity index (χ2v) is 5.98. The zero-order valence-electron chi connectivity index (χ0n) is 13.3. The molecule has 2 heterocycles. The van der Waals surface area contributed by atoms with Crippen molar-refractivity contribution < 1.29 is 39.4 Å². The largest absolute Gasteiger partial charge is 0.454 e. The Hall–Kier alpha value is -1.97. The monoisotopic (exact) mass is 352 g/mol. The molecular weight excluding hydrogens is 332 g/mol. The van der Waals surface area contributed by atoms with Gasteiger partial charge < -0.3 is 34.6 Å². The number of ketones is 1. The summed E-state index contributed by atoms with van der Waals surface area (Å²) in [5, 5.41) is 38.5. The Morgan fingerprint density at radius 1 is 1.08 bits per heavy atom. The van der Waals surface area contributed by atoms with Gasteiger partial charge in [0.1, 0.15) is 24.4 Å². The van der Waals surface area contributed by atoms with Crippen LogP contribution < -0.4 is 9.47 Å². The molecule has 0 aliphatic carbocycles. The Bertz CT molecular complexity index is 656. The summed E-state index contributed by atoms with van der Waals surface area (Å²) in [4.78, 5) is 12.1. The molecule has 8 nitrogen and oxygen atoms in total. The van der Waals surface area contributed by atoms with E-state index in [0.717, 1.165) is 5.56 Å². The second-order valence-electron chi connectivity index (χ2n) is 5.98. The SMILES string of the molecule is O=C(/C=C/c1ccc2c(c1)OCO2)C[C@@H]1O[C@H](CO)[C@H](O)[C@H](O)[C@H]1O.